The van der Waals surface area contributed by atoms with Crippen molar-refractivity contribution >= 4 is 23.8 Å². The van der Waals surface area contributed by atoms with E-state index in [1.807, 2.05) is 0 Å². The maximum atomic E-state index is 12.9. The molecule has 1 atom stereocenters. The van der Waals surface area contributed by atoms with Crippen LogP contribution in [0.5, 0.6) is 0 Å². The second kappa shape index (κ2) is 5.77. The fourth-order valence-electron chi connectivity index (χ4n) is 3.47. The van der Waals surface area contributed by atoms with Crippen molar-refractivity contribution in [3.8, 4) is 0 Å². The van der Waals surface area contributed by atoms with E-state index in [0.717, 1.165) is 0 Å². The summed E-state index contributed by atoms with van der Waals surface area (Å²) in [6.45, 7) is 3.16. The Labute approximate surface area is 154 Å². The van der Waals surface area contributed by atoms with Crippen LogP contribution in [0.1, 0.15) is 56.4 Å². The molecule has 0 saturated heterocycles. The third kappa shape index (κ3) is 2.51. The predicted molar refractivity (Wildman–Crippen MR) is 91.7 cm³/mol. The van der Waals surface area contributed by atoms with Gasteiger partial charge in [0, 0.05) is 0 Å². The molecule has 2 aliphatic heterocycles. The van der Waals surface area contributed by atoms with Crippen molar-refractivity contribution in [2.45, 2.75) is 25.4 Å². The first kappa shape index (κ1) is 17.0. The highest BCUT2D eigenvalue weighted by atomic mass is 16.7. The molecule has 0 bridgehead atoms. The monoisotopic (exact) mass is 365 g/mol. The Morgan fingerprint density at radius 2 is 1.44 bits per heavy atom. The standard InChI is InChI=1S/C20H15NO6/c1-20(2)15(11-7-3-6-10-14(11)18(24)26-20)19(25)27-21-16(22)12-8-4-5-9-13(12)17(21)23/h3-10,15H,1-2H3. The number of carbonyl (C=O) groups is 4. The zero-order chi connectivity index (χ0) is 19.3. The Kier molecular flexibility index (Phi) is 3.62. The third-order valence-corrected chi connectivity index (χ3v) is 4.72. The number of hydrogen-bond donors (Lipinski definition) is 0. The number of fused-ring (bicyclic) bond motifs is 2. The van der Waals surface area contributed by atoms with Crippen LogP contribution >= 0.6 is 0 Å². The van der Waals surface area contributed by atoms with Crippen molar-refractivity contribution in [2.75, 3.05) is 0 Å². The van der Waals surface area contributed by atoms with Crippen molar-refractivity contribution in [3.05, 3.63) is 70.8 Å². The first-order chi connectivity index (χ1) is 12.8. The molecule has 2 aromatic rings. The summed E-state index contributed by atoms with van der Waals surface area (Å²) < 4.78 is 5.39. The van der Waals surface area contributed by atoms with Gasteiger partial charge in [-0.25, -0.2) is 9.59 Å². The first-order valence-corrected chi connectivity index (χ1v) is 8.33. The van der Waals surface area contributed by atoms with Crippen molar-refractivity contribution in [1.82, 2.24) is 5.06 Å². The van der Waals surface area contributed by atoms with Gasteiger partial charge in [-0.05, 0) is 37.6 Å². The number of amides is 2. The fraction of sp³-hybridized carbons (Fsp3) is 0.200. The lowest BCUT2D eigenvalue weighted by atomic mass is 9.80. The highest BCUT2D eigenvalue weighted by Gasteiger charge is 2.49. The number of imide groups is 1. The highest BCUT2D eigenvalue weighted by molar-refractivity contribution is 6.21. The van der Waals surface area contributed by atoms with Crippen LogP contribution in [0.4, 0.5) is 0 Å². The minimum atomic E-state index is -1.21. The molecule has 136 valence electrons. The van der Waals surface area contributed by atoms with Crippen LogP contribution in [-0.4, -0.2) is 34.4 Å². The van der Waals surface area contributed by atoms with Gasteiger partial charge in [0.25, 0.3) is 11.8 Å². The van der Waals surface area contributed by atoms with Crippen LogP contribution in [0.25, 0.3) is 0 Å². The van der Waals surface area contributed by atoms with Gasteiger partial charge in [-0.1, -0.05) is 35.4 Å². The molecule has 0 aliphatic carbocycles. The summed E-state index contributed by atoms with van der Waals surface area (Å²) in [7, 11) is 0. The van der Waals surface area contributed by atoms with E-state index in [1.54, 1.807) is 50.2 Å². The van der Waals surface area contributed by atoms with Crippen molar-refractivity contribution in [2.24, 2.45) is 0 Å². The number of carbonyl (C=O) groups excluding carboxylic acids is 4. The summed E-state index contributed by atoms with van der Waals surface area (Å²) in [5.74, 6) is -3.80. The lowest BCUT2D eigenvalue weighted by Gasteiger charge is -2.37. The van der Waals surface area contributed by atoms with E-state index in [1.165, 1.54) is 12.1 Å². The number of esters is 1. The number of benzene rings is 2. The molecule has 0 spiro atoms. The number of hydrogen-bond acceptors (Lipinski definition) is 6. The maximum Gasteiger partial charge on any atom is 0.344 e. The lowest BCUT2D eigenvalue weighted by Crippen LogP contribution is -2.46. The van der Waals surface area contributed by atoms with Gasteiger partial charge in [0.15, 0.2) is 0 Å². The quantitative estimate of drug-likeness (QED) is 0.600. The predicted octanol–water partition coefficient (Wildman–Crippen LogP) is 2.47. The molecule has 0 aromatic heterocycles. The van der Waals surface area contributed by atoms with Crippen LogP contribution in [0.2, 0.25) is 0 Å². The summed E-state index contributed by atoms with van der Waals surface area (Å²) in [4.78, 5) is 55.1. The molecule has 1 unspecified atom stereocenters. The highest BCUT2D eigenvalue weighted by Crippen LogP contribution is 2.40. The Morgan fingerprint density at radius 3 is 2.04 bits per heavy atom. The first-order valence-electron chi connectivity index (χ1n) is 8.33. The van der Waals surface area contributed by atoms with Gasteiger partial charge in [-0.2, -0.15) is 0 Å². The minimum Gasteiger partial charge on any atom is -0.455 e. The van der Waals surface area contributed by atoms with Crippen LogP contribution in [0.15, 0.2) is 48.5 Å². The molecule has 2 aromatic carbocycles. The summed E-state index contributed by atoms with van der Waals surface area (Å²) in [6.07, 6.45) is 0. The number of cyclic esters (lactones) is 1. The second-order valence-corrected chi connectivity index (χ2v) is 6.87. The number of rotatable bonds is 2. The van der Waals surface area contributed by atoms with Crippen molar-refractivity contribution in [3.63, 3.8) is 0 Å². The van der Waals surface area contributed by atoms with E-state index in [9.17, 15) is 19.2 Å². The van der Waals surface area contributed by atoms with E-state index < -0.39 is 35.3 Å². The molecule has 0 N–H and O–H groups in total. The smallest absolute Gasteiger partial charge is 0.344 e. The molecule has 0 radical (unpaired) electrons. The van der Waals surface area contributed by atoms with E-state index >= 15 is 0 Å². The number of ether oxygens (including phenoxy) is 1. The summed E-state index contributed by atoms with van der Waals surface area (Å²) >= 11 is 0. The molecular weight excluding hydrogens is 350 g/mol. The maximum absolute atomic E-state index is 12.9. The Morgan fingerprint density at radius 1 is 0.926 bits per heavy atom. The topological polar surface area (TPSA) is 90.0 Å². The van der Waals surface area contributed by atoms with Crippen molar-refractivity contribution in [1.29, 1.82) is 0 Å². The van der Waals surface area contributed by atoms with Gasteiger partial charge >= 0.3 is 11.9 Å². The molecule has 0 saturated carbocycles. The Bertz CT molecular complexity index is 974. The van der Waals surface area contributed by atoms with E-state index in [-0.39, 0.29) is 16.7 Å². The molecule has 7 heteroatoms. The third-order valence-electron chi connectivity index (χ3n) is 4.72. The van der Waals surface area contributed by atoms with Gasteiger partial charge in [-0.3, -0.25) is 9.59 Å². The van der Waals surface area contributed by atoms with Crippen LogP contribution < -0.4 is 0 Å². The molecule has 7 nitrogen and oxygen atoms in total. The summed E-state index contributed by atoms with van der Waals surface area (Å²) in [6, 6.07) is 12.8. The summed E-state index contributed by atoms with van der Waals surface area (Å²) in [5, 5.41) is 0.460. The SMILES string of the molecule is CC1(C)OC(=O)c2ccccc2C1C(=O)ON1C(=O)c2ccccc2C1=O. The number of nitrogens with zero attached hydrogens (tertiary/aromatic N) is 1. The molecule has 0 fully saturated rings. The van der Waals surface area contributed by atoms with Crippen LogP contribution in [0, 0.1) is 0 Å². The fourth-order valence-corrected chi connectivity index (χ4v) is 3.47. The zero-order valence-corrected chi connectivity index (χ0v) is 14.6. The molecule has 2 heterocycles. The van der Waals surface area contributed by atoms with Gasteiger partial charge in [0.05, 0.1) is 16.7 Å². The zero-order valence-electron chi connectivity index (χ0n) is 14.6. The van der Waals surface area contributed by atoms with Gasteiger partial charge < -0.3 is 9.57 Å². The largest absolute Gasteiger partial charge is 0.455 e. The molecule has 2 aliphatic rings. The average Bonchev–Trinajstić information content (AvgIpc) is 2.86. The van der Waals surface area contributed by atoms with Gasteiger partial charge in [0.2, 0.25) is 0 Å². The Balaban J connectivity index is 1.68. The van der Waals surface area contributed by atoms with Crippen LogP contribution in [0.3, 0.4) is 0 Å². The molecule has 2 amide bonds. The molecular formula is C20H15NO6. The average molecular weight is 365 g/mol. The van der Waals surface area contributed by atoms with Gasteiger partial charge in [0.1, 0.15) is 11.5 Å². The molecule has 27 heavy (non-hydrogen) atoms. The number of hydroxylamine groups is 2. The normalized spacial score (nSPS) is 20.0. The second-order valence-electron chi connectivity index (χ2n) is 6.87. The van der Waals surface area contributed by atoms with E-state index in [2.05, 4.69) is 0 Å². The van der Waals surface area contributed by atoms with Crippen molar-refractivity contribution < 1.29 is 28.8 Å². The van der Waals surface area contributed by atoms with Crippen LogP contribution in [-0.2, 0) is 14.4 Å². The minimum absolute atomic E-state index is 0.171. The van der Waals surface area contributed by atoms with Gasteiger partial charge in [-0.15, -0.1) is 0 Å². The van der Waals surface area contributed by atoms with E-state index in [0.29, 0.717) is 10.6 Å². The van der Waals surface area contributed by atoms with E-state index in [4.69, 9.17) is 9.57 Å². The summed E-state index contributed by atoms with van der Waals surface area (Å²) in [5.41, 5.74) is -0.183. The Hall–Kier alpha value is -3.48. The lowest BCUT2D eigenvalue weighted by molar-refractivity contribution is -0.176. The molecule has 4 rings (SSSR count).